The fourth-order valence-corrected chi connectivity index (χ4v) is 5.00. The lowest BCUT2D eigenvalue weighted by Crippen LogP contribution is -2.22. The topological polar surface area (TPSA) is 92.8 Å². The Hall–Kier alpha value is -3.96. The predicted octanol–water partition coefficient (Wildman–Crippen LogP) is 5.26. The van der Waals surface area contributed by atoms with E-state index in [0.29, 0.717) is 36.2 Å². The Bertz CT molecular complexity index is 1560. The predicted molar refractivity (Wildman–Crippen MR) is 146 cm³/mol. The summed E-state index contributed by atoms with van der Waals surface area (Å²) in [5, 5.41) is 9.67. The Kier molecular flexibility index (Phi) is 7.30. The van der Waals surface area contributed by atoms with Crippen LogP contribution in [0.25, 0.3) is 33.5 Å². The fraction of sp³-hybridized carbons (Fsp3) is 0.296. The summed E-state index contributed by atoms with van der Waals surface area (Å²) >= 11 is 0. The molecule has 1 aromatic carbocycles. The number of rotatable bonds is 10. The van der Waals surface area contributed by atoms with E-state index in [4.69, 9.17) is 9.47 Å². The van der Waals surface area contributed by atoms with Gasteiger partial charge in [-0.2, -0.15) is 0 Å². The lowest BCUT2D eigenvalue weighted by molar-refractivity contribution is 0.0858. The molecule has 9 nitrogen and oxygen atoms in total. The summed E-state index contributed by atoms with van der Waals surface area (Å²) in [6.07, 6.45) is 6.95. The number of pyridine rings is 1. The first-order chi connectivity index (χ1) is 18.4. The van der Waals surface area contributed by atoms with E-state index in [2.05, 4.69) is 44.8 Å². The normalized spacial score (nSPS) is 11.8. The first-order valence-corrected chi connectivity index (χ1v) is 16.1. The molecule has 11 heteroatoms. The van der Waals surface area contributed by atoms with Crippen LogP contribution in [0.15, 0.2) is 61.3 Å². The second-order valence-corrected chi connectivity index (χ2v) is 15.8. The molecular weight excluding hydrogens is 501 g/mol. The van der Waals surface area contributed by atoms with Gasteiger partial charge in [-0.1, -0.05) is 31.8 Å². The highest BCUT2D eigenvalue weighted by Crippen LogP contribution is 2.34. The molecule has 0 aliphatic rings. The standard InChI is InChI=1S/C27H30FN7O2Si/c1-36-27-19(9-7-11-30-27)22-15-34(25-21(22)14-29-17-31-25)16-24-32-33-26(20-8-5-6-10-23(20)28)35(24)18-37-12-13-38(2,3)4/h5-11,14-15,17H,12-13,16,18H2,1-4H3. The number of ether oxygens (including phenoxy) is 2. The Labute approximate surface area is 221 Å². The minimum atomic E-state index is -1.27. The van der Waals surface area contributed by atoms with Gasteiger partial charge in [0.15, 0.2) is 11.6 Å². The summed E-state index contributed by atoms with van der Waals surface area (Å²) in [5.41, 5.74) is 2.82. The van der Waals surface area contributed by atoms with Gasteiger partial charge in [0.05, 0.1) is 19.2 Å². The van der Waals surface area contributed by atoms with Gasteiger partial charge >= 0.3 is 0 Å². The highest BCUT2D eigenvalue weighted by molar-refractivity contribution is 6.76. The van der Waals surface area contributed by atoms with Crippen LogP contribution in [-0.4, -0.2) is 56.1 Å². The number of benzene rings is 1. The molecule has 0 unspecified atom stereocenters. The van der Waals surface area contributed by atoms with Crippen molar-refractivity contribution < 1.29 is 13.9 Å². The molecule has 0 fully saturated rings. The van der Waals surface area contributed by atoms with Crippen LogP contribution in [-0.2, 0) is 18.0 Å². The van der Waals surface area contributed by atoms with E-state index in [9.17, 15) is 4.39 Å². The van der Waals surface area contributed by atoms with E-state index < -0.39 is 8.07 Å². The van der Waals surface area contributed by atoms with Gasteiger partial charge in [-0.05, 0) is 30.3 Å². The zero-order chi connectivity index (χ0) is 26.7. The Morgan fingerprint density at radius 3 is 2.58 bits per heavy atom. The zero-order valence-electron chi connectivity index (χ0n) is 21.9. The first kappa shape index (κ1) is 25.7. The SMILES string of the molecule is COc1ncccc1-c1cn(Cc2nnc(-c3ccccc3F)n2COCC[Si](C)(C)C)c2ncncc12. The van der Waals surface area contributed by atoms with E-state index in [1.54, 1.807) is 37.7 Å². The van der Waals surface area contributed by atoms with Crippen molar-refractivity contribution in [3.63, 3.8) is 0 Å². The highest BCUT2D eigenvalue weighted by Gasteiger charge is 2.21. The largest absolute Gasteiger partial charge is 0.481 e. The number of methoxy groups -OCH3 is 1. The maximum atomic E-state index is 14.8. The van der Waals surface area contributed by atoms with Crippen molar-refractivity contribution in [2.75, 3.05) is 13.7 Å². The van der Waals surface area contributed by atoms with Crippen LogP contribution in [0, 0.1) is 5.82 Å². The van der Waals surface area contributed by atoms with Crippen molar-refractivity contribution in [1.29, 1.82) is 0 Å². The van der Waals surface area contributed by atoms with Crippen LogP contribution in [0.2, 0.25) is 25.7 Å². The number of halogens is 1. The van der Waals surface area contributed by atoms with Crippen molar-refractivity contribution in [3.8, 4) is 28.4 Å². The second-order valence-electron chi connectivity index (χ2n) is 10.2. The molecule has 0 amide bonds. The maximum Gasteiger partial charge on any atom is 0.221 e. The summed E-state index contributed by atoms with van der Waals surface area (Å²) in [6.45, 7) is 8.09. The first-order valence-electron chi connectivity index (χ1n) is 12.4. The van der Waals surface area contributed by atoms with E-state index in [1.165, 1.54) is 12.4 Å². The smallest absolute Gasteiger partial charge is 0.221 e. The minimum Gasteiger partial charge on any atom is -0.481 e. The minimum absolute atomic E-state index is 0.216. The van der Waals surface area contributed by atoms with Crippen LogP contribution >= 0.6 is 0 Å². The molecule has 5 aromatic rings. The number of fused-ring (bicyclic) bond motifs is 1. The second kappa shape index (κ2) is 10.8. The molecule has 0 N–H and O–H groups in total. The van der Waals surface area contributed by atoms with Gasteiger partial charge in [0.1, 0.15) is 24.5 Å². The molecule has 4 heterocycles. The van der Waals surface area contributed by atoms with E-state index in [-0.39, 0.29) is 12.5 Å². The van der Waals surface area contributed by atoms with Crippen molar-refractivity contribution >= 4 is 19.1 Å². The van der Waals surface area contributed by atoms with E-state index in [0.717, 1.165) is 28.2 Å². The van der Waals surface area contributed by atoms with Gasteiger partial charge in [0.2, 0.25) is 5.88 Å². The maximum absolute atomic E-state index is 14.8. The molecule has 0 spiro atoms. The van der Waals surface area contributed by atoms with Crippen molar-refractivity contribution in [2.45, 2.75) is 39.0 Å². The van der Waals surface area contributed by atoms with Gasteiger partial charge in [-0.15, -0.1) is 10.2 Å². The zero-order valence-corrected chi connectivity index (χ0v) is 22.9. The summed E-state index contributed by atoms with van der Waals surface area (Å²) in [4.78, 5) is 13.1. The molecule has 0 saturated heterocycles. The average Bonchev–Trinajstić information content (AvgIpc) is 3.48. The third-order valence-electron chi connectivity index (χ3n) is 6.26. The molecule has 4 aromatic heterocycles. The number of hydrogen-bond donors (Lipinski definition) is 0. The molecule has 0 aliphatic heterocycles. The molecular formula is C27H30FN7O2Si. The van der Waals surface area contributed by atoms with Gasteiger partial charge in [0.25, 0.3) is 0 Å². The monoisotopic (exact) mass is 531 g/mol. The lowest BCUT2D eigenvalue weighted by Gasteiger charge is -2.17. The quantitative estimate of drug-likeness (QED) is 0.179. The van der Waals surface area contributed by atoms with Crippen molar-refractivity contribution in [2.24, 2.45) is 0 Å². The molecule has 0 radical (unpaired) electrons. The third kappa shape index (κ3) is 5.34. The van der Waals surface area contributed by atoms with Crippen LogP contribution in [0.3, 0.4) is 0 Å². The fourth-order valence-electron chi connectivity index (χ4n) is 4.24. The van der Waals surface area contributed by atoms with Gasteiger partial charge < -0.3 is 14.0 Å². The Balaban J connectivity index is 1.54. The van der Waals surface area contributed by atoms with E-state index in [1.807, 2.05) is 27.5 Å². The molecule has 196 valence electrons. The van der Waals surface area contributed by atoms with Crippen LogP contribution < -0.4 is 4.74 Å². The van der Waals surface area contributed by atoms with Crippen LogP contribution in [0.4, 0.5) is 4.39 Å². The summed E-state index contributed by atoms with van der Waals surface area (Å²) < 4.78 is 30.1. The van der Waals surface area contributed by atoms with Crippen molar-refractivity contribution in [1.82, 2.24) is 34.3 Å². The van der Waals surface area contributed by atoms with Gasteiger partial charge in [0, 0.05) is 49.8 Å². The lowest BCUT2D eigenvalue weighted by atomic mass is 10.1. The Morgan fingerprint density at radius 2 is 1.79 bits per heavy atom. The van der Waals surface area contributed by atoms with Gasteiger partial charge in [-0.3, -0.25) is 4.57 Å². The highest BCUT2D eigenvalue weighted by atomic mass is 28.3. The van der Waals surface area contributed by atoms with Gasteiger partial charge in [-0.25, -0.2) is 19.3 Å². The Morgan fingerprint density at radius 1 is 0.974 bits per heavy atom. The van der Waals surface area contributed by atoms with Crippen LogP contribution in [0.5, 0.6) is 5.88 Å². The van der Waals surface area contributed by atoms with Crippen molar-refractivity contribution in [3.05, 3.63) is 73.0 Å². The number of aromatic nitrogens is 7. The third-order valence-corrected chi connectivity index (χ3v) is 7.97. The summed E-state index contributed by atoms with van der Waals surface area (Å²) in [5.74, 6) is 1.19. The molecule has 0 bridgehead atoms. The molecule has 0 atom stereocenters. The number of hydrogen-bond acceptors (Lipinski definition) is 7. The average molecular weight is 532 g/mol. The van der Waals surface area contributed by atoms with Crippen LogP contribution in [0.1, 0.15) is 5.82 Å². The summed E-state index contributed by atoms with van der Waals surface area (Å²) in [7, 11) is 0.326. The molecule has 38 heavy (non-hydrogen) atoms. The number of nitrogens with zero attached hydrogens (tertiary/aromatic N) is 7. The van der Waals surface area contributed by atoms with E-state index >= 15 is 0 Å². The summed E-state index contributed by atoms with van der Waals surface area (Å²) in [6, 6.07) is 11.4. The molecule has 0 aliphatic carbocycles. The molecule has 0 saturated carbocycles. The molecule has 5 rings (SSSR count).